The van der Waals surface area contributed by atoms with Crippen molar-refractivity contribution in [3.63, 3.8) is 0 Å². The minimum absolute atomic E-state index is 0.0159. The number of likely N-dealkylation sites (N-methyl/N-ethyl adjacent to an activating group) is 1. The molecule has 0 aromatic heterocycles. The number of esters is 1. The standard InChI is InChI=1S/C22H35N5O2/c1-23-22(27-10-8-20(9-11-27)21(28)29-3)24-16-18-4-6-19(7-5-18)17-26-14-12-25(2)13-15-26/h4-7,20H,8-17H2,1-3H3,(H,23,24). The summed E-state index contributed by atoms with van der Waals surface area (Å²) in [4.78, 5) is 23.3. The van der Waals surface area contributed by atoms with Gasteiger partial charge < -0.3 is 19.9 Å². The third kappa shape index (κ3) is 6.18. The summed E-state index contributed by atoms with van der Waals surface area (Å²) in [5.41, 5.74) is 2.62. The van der Waals surface area contributed by atoms with Crippen molar-refractivity contribution in [3.8, 4) is 0 Å². The molecule has 1 aromatic rings. The van der Waals surface area contributed by atoms with Gasteiger partial charge in [-0.25, -0.2) is 0 Å². The number of carbonyl (C=O) groups is 1. The number of nitrogens with zero attached hydrogens (tertiary/aromatic N) is 4. The molecule has 2 saturated heterocycles. The van der Waals surface area contributed by atoms with Crippen LogP contribution in [0.4, 0.5) is 0 Å². The summed E-state index contributed by atoms with van der Waals surface area (Å²) >= 11 is 0. The van der Waals surface area contributed by atoms with Crippen LogP contribution in [0.2, 0.25) is 0 Å². The van der Waals surface area contributed by atoms with Crippen LogP contribution in [0.3, 0.4) is 0 Å². The largest absolute Gasteiger partial charge is 0.469 e. The highest BCUT2D eigenvalue weighted by Crippen LogP contribution is 2.18. The van der Waals surface area contributed by atoms with Crippen LogP contribution >= 0.6 is 0 Å². The Bertz CT molecular complexity index is 675. The van der Waals surface area contributed by atoms with Gasteiger partial charge in [-0.3, -0.25) is 14.7 Å². The van der Waals surface area contributed by atoms with Crippen LogP contribution in [0.1, 0.15) is 24.0 Å². The van der Waals surface area contributed by atoms with E-state index >= 15 is 0 Å². The Balaban J connectivity index is 1.44. The Morgan fingerprint density at radius 3 is 2.28 bits per heavy atom. The second-order valence-electron chi connectivity index (χ2n) is 8.08. The van der Waals surface area contributed by atoms with Gasteiger partial charge in [-0.05, 0) is 31.0 Å². The van der Waals surface area contributed by atoms with Crippen LogP contribution in [0.5, 0.6) is 0 Å². The molecule has 0 unspecified atom stereocenters. The van der Waals surface area contributed by atoms with E-state index in [1.54, 1.807) is 0 Å². The first-order valence-corrected chi connectivity index (χ1v) is 10.6. The molecule has 0 saturated carbocycles. The molecule has 2 fully saturated rings. The molecule has 0 bridgehead atoms. The molecule has 2 aliphatic rings. The van der Waals surface area contributed by atoms with Crippen LogP contribution in [0, 0.1) is 5.92 Å². The minimum atomic E-state index is -0.0933. The molecule has 0 spiro atoms. The summed E-state index contributed by atoms with van der Waals surface area (Å²) in [5.74, 6) is 0.821. The van der Waals surface area contributed by atoms with Crippen molar-refractivity contribution in [2.75, 3.05) is 60.5 Å². The van der Waals surface area contributed by atoms with Gasteiger partial charge in [-0.1, -0.05) is 24.3 Å². The van der Waals surface area contributed by atoms with Gasteiger partial charge in [-0.2, -0.15) is 0 Å². The quantitative estimate of drug-likeness (QED) is 0.457. The van der Waals surface area contributed by atoms with Gasteiger partial charge in [0.2, 0.25) is 0 Å². The predicted octanol–water partition coefficient (Wildman–Crippen LogP) is 1.39. The Kier molecular flexibility index (Phi) is 7.89. The fraction of sp³-hybridized carbons (Fsp3) is 0.636. The zero-order chi connectivity index (χ0) is 20.6. The van der Waals surface area contributed by atoms with Gasteiger partial charge in [-0.15, -0.1) is 0 Å². The SMILES string of the molecule is CN=C(NCc1ccc(CN2CCN(C)CC2)cc1)N1CCC(C(=O)OC)CC1. The van der Waals surface area contributed by atoms with E-state index in [2.05, 4.69) is 56.3 Å². The molecule has 29 heavy (non-hydrogen) atoms. The van der Waals surface area contributed by atoms with Gasteiger partial charge in [0, 0.05) is 59.4 Å². The highest BCUT2D eigenvalue weighted by Gasteiger charge is 2.26. The maximum atomic E-state index is 11.7. The molecular weight excluding hydrogens is 366 g/mol. The molecule has 7 heteroatoms. The maximum absolute atomic E-state index is 11.7. The first kappa shape index (κ1) is 21.6. The van der Waals surface area contributed by atoms with Crippen LogP contribution in [-0.2, 0) is 22.6 Å². The first-order chi connectivity index (χ1) is 14.1. The molecule has 1 N–H and O–H groups in total. The monoisotopic (exact) mass is 401 g/mol. The normalized spacial score (nSPS) is 20.0. The van der Waals surface area contributed by atoms with Crippen LogP contribution < -0.4 is 5.32 Å². The number of hydrogen-bond donors (Lipinski definition) is 1. The molecule has 2 heterocycles. The second-order valence-corrected chi connectivity index (χ2v) is 8.08. The number of aliphatic imine (C=N–C) groups is 1. The fourth-order valence-electron chi connectivity index (χ4n) is 4.03. The zero-order valence-corrected chi connectivity index (χ0v) is 18.1. The van der Waals surface area contributed by atoms with Crippen LogP contribution in [-0.4, -0.2) is 87.1 Å². The Hall–Kier alpha value is -2.12. The van der Waals surface area contributed by atoms with Gasteiger partial charge in [0.15, 0.2) is 5.96 Å². The van der Waals surface area contributed by atoms with E-state index in [1.165, 1.54) is 18.2 Å². The number of piperidine rings is 1. The van der Waals surface area contributed by atoms with Gasteiger partial charge in [0.05, 0.1) is 13.0 Å². The van der Waals surface area contributed by atoms with E-state index in [9.17, 15) is 4.79 Å². The Labute approximate surface area is 174 Å². The average Bonchev–Trinajstić information content (AvgIpc) is 2.77. The number of nitrogens with one attached hydrogen (secondary N) is 1. The summed E-state index contributed by atoms with van der Waals surface area (Å²) in [7, 11) is 5.47. The summed E-state index contributed by atoms with van der Waals surface area (Å²) in [5, 5.41) is 3.46. The van der Waals surface area contributed by atoms with Gasteiger partial charge in [0.1, 0.15) is 0 Å². The van der Waals surface area contributed by atoms with Crippen molar-refractivity contribution in [2.45, 2.75) is 25.9 Å². The topological polar surface area (TPSA) is 60.4 Å². The summed E-state index contributed by atoms with van der Waals surface area (Å²) in [6.07, 6.45) is 1.63. The van der Waals surface area contributed by atoms with E-state index in [-0.39, 0.29) is 11.9 Å². The van der Waals surface area contributed by atoms with E-state index in [4.69, 9.17) is 4.74 Å². The molecular formula is C22H35N5O2. The third-order valence-corrected chi connectivity index (χ3v) is 6.02. The molecule has 0 aliphatic carbocycles. The highest BCUT2D eigenvalue weighted by atomic mass is 16.5. The van der Waals surface area contributed by atoms with E-state index in [1.807, 2.05) is 7.05 Å². The predicted molar refractivity (Wildman–Crippen MR) is 116 cm³/mol. The van der Waals surface area contributed by atoms with Crippen molar-refractivity contribution < 1.29 is 9.53 Å². The molecule has 1 aromatic carbocycles. The summed E-state index contributed by atoms with van der Waals surface area (Å²) in [6, 6.07) is 8.88. The minimum Gasteiger partial charge on any atom is -0.469 e. The second kappa shape index (κ2) is 10.6. The number of hydrogen-bond acceptors (Lipinski definition) is 5. The Morgan fingerprint density at radius 1 is 1.07 bits per heavy atom. The van der Waals surface area contributed by atoms with Crippen molar-refractivity contribution in [1.29, 1.82) is 0 Å². The van der Waals surface area contributed by atoms with E-state index in [0.29, 0.717) is 0 Å². The van der Waals surface area contributed by atoms with E-state index in [0.717, 1.165) is 71.2 Å². The van der Waals surface area contributed by atoms with Crippen LogP contribution in [0.25, 0.3) is 0 Å². The number of guanidine groups is 1. The summed E-state index contributed by atoms with van der Waals surface area (Å²) < 4.78 is 4.87. The molecule has 0 atom stereocenters. The van der Waals surface area contributed by atoms with Crippen molar-refractivity contribution in [2.24, 2.45) is 10.9 Å². The lowest BCUT2D eigenvalue weighted by Gasteiger charge is -2.33. The maximum Gasteiger partial charge on any atom is 0.308 e. The average molecular weight is 402 g/mol. The van der Waals surface area contributed by atoms with Crippen molar-refractivity contribution in [1.82, 2.24) is 20.0 Å². The molecule has 2 aliphatic heterocycles. The number of likely N-dealkylation sites (tertiary alicyclic amines) is 1. The highest BCUT2D eigenvalue weighted by molar-refractivity contribution is 5.80. The van der Waals surface area contributed by atoms with Gasteiger partial charge >= 0.3 is 5.97 Å². The lowest BCUT2D eigenvalue weighted by molar-refractivity contribution is -0.146. The number of methoxy groups -OCH3 is 1. The third-order valence-electron chi connectivity index (χ3n) is 6.02. The molecule has 7 nitrogen and oxygen atoms in total. The number of carbonyl (C=O) groups excluding carboxylic acids is 1. The molecule has 3 rings (SSSR count). The van der Waals surface area contributed by atoms with Crippen molar-refractivity contribution >= 4 is 11.9 Å². The lowest BCUT2D eigenvalue weighted by Crippen LogP contribution is -2.46. The molecule has 0 radical (unpaired) electrons. The van der Waals surface area contributed by atoms with Crippen molar-refractivity contribution in [3.05, 3.63) is 35.4 Å². The number of ether oxygens (including phenoxy) is 1. The van der Waals surface area contributed by atoms with E-state index < -0.39 is 0 Å². The molecule has 0 amide bonds. The smallest absolute Gasteiger partial charge is 0.308 e. The number of rotatable bonds is 5. The zero-order valence-electron chi connectivity index (χ0n) is 18.1. The number of benzene rings is 1. The summed E-state index contributed by atoms with van der Waals surface area (Å²) in [6.45, 7) is 8.01. The lowest BCUT2D eigenvalue weighted by atomic mass is 9.97. The van der Waals surface area contributed by atoms with Crippen LogP contribution in [0.15, 0.2) is 29.3 Å². The van der Waals surface area contributed by atoms with Gasteiger partial charge in [0.25, 0.3) is 0 Å². The Morgan fingerprint density at radius 2 is 1.69 bits per heavy atom. The number of piperazine rings is 1. The first-order valence-electron chi connectivity index (χ1n) is 10.6. The fourth-order valence-corrected chi connectivity index (χ4v) is 4.03. The molecule has 160 valence electrons.